The van der Waals surface area contributed by atoms with Crippen LogP contribution in [0, 0.1) is 5.82 Å². The van der Waals surface area contributed by atoms with Gasteiger partial charge in [-0.2, -0.15) is 0 Å². The summed E-state index contributed by atoms with van der Waals surface area (Å²) in [6.07, 6.45) is 0. The largest absolute Gasteiger partial charge is 0.480 e. The van der Waals surface area contributed by atoms with E-state index < -0.39 is 23.9 Å². The molecule has 0 fully saturated rings. The van der Waals surface area contributed by atoms with Crippen molar-refractivity contribution >= 4 is 29.3 Å². The Kier molecular flexibility index (Phi) is 4.49. The summed E-state index contributed by atoms with van der Waals surface area (Å²) in [5.41, 5.74) is -0.173. The highest BCUT2D eigenvalue weighted by Gasteiger charge is 2.22. The molecule has 0 saturated carbocycles. The number of carboxylic acid groups (broad SMARTS) is 1. The third-order valence-electron chi connectivity index (χ3n) is 2.45. The number of carbonyl (C=O) groups excluding carboxylic acids is 1. The van der Waals surface area contributed by atoms with Crippen LogP contribution in [0.3, 0.4) is 0 Å². The zero-order valence-electron chi connectivity index (χ0n) is 9.78. The van der Waals surface area contributed by atoms with Crippen molar-refractivity contribution in [1.82, 2.24) is 4.90 Å². The molecular weight excluding hydrogens is 263 g/mol. The second-order valence-corrected chi connectivity index (χ2v) is 4.06. The normalized spacial score (nSPS) is 11.8. The molecule has 0 spiro atoms. The lowest BCUT2D eigenvalue weighted by molar-refractivity contribution is -0.141. The van der Waals surface area contributed by atoms with Crippen molar-refractivity contribution in [3.63, 3.8) is 0 Å². The number of amides is 2. The Hall–Kier alpha value is -1.82. The third kappa shape index (κ3) is 3.10. The average molecular weight is 275 g/mol. The molecule has 5 nitrogen and oxygen atoms in total. The number of para-hydroxylation sites is 1. The summed E-state index contributed by atoms with van der Waals surface area (Å²) in [6.45, 7) is 1.34. The second-order valence-electron chi connectivity index (χ2n) is 3.65. The lowest BCUT2D eigenvalue weighted by Crippen LogP contribution is -2.42. The first-order valence-corrected chi connectivity index (χ1v) is 5.43. The van der Waals surface area contributed by atoms with E-state index >= 15 is 0 Å². The summed E-state index contributed by atoms with van der Waals surface area (Å²) >= 11 is 5.73. The van der Waals surface area contributed by atoms with E-state index in [0.717, 1.165) is 11.0 Å². The van der Waals surface area contributed by atoms with Crippen molar-refractivity contribution in [2.24, 2.45) is 0 Å². The van der Waals surface area contributed by atoms with Crippen LogP contribution in [0.2, 0.25) is 5.02 Å². The quantitative estimate of drug-likeness (QED) is 0.889. The summed E-state index contributed by atoms with van der Waals surface area (Å²) < 4.78 is 13.4. The number of hydrogen-bond acceptors (Lipinski definition) is 2. The van der Waals surface area contributed by atoms with Gasteiger partial charge in [-0.1, -0.05) is 17.7 Å². The molecule has 2 amide bonds. The zero-order chi connectivity index (χ0) is 13.9. The standard InChI is InChI=1S/C11H12ClFN2O3/c1-6(10(16)17)15(2)11(18)14-9-7(12)4-3-5-8(9)13/h3-6H,1-2H3,(H,14,18)(H,16,17). The van der Waals surface area contributed by atoms with Gasteiger partial charge < -0.3 is 15.3 Å². The van der Waals surface area contributed by atoms with Gasteiger partial charge >= 0.3 is 12.0 Å². The van der Waals surface area contributed by atoms with Crippen molar-refractivity contribution < 1.29 is 19.1 Å². The van der Waals surface area contributed by atoms with E-state index in [2.05, 4.69) is 5.32 Å². The van der Waals surface area contributed by atoms with Gasteiger partial charge in [-0.15, -0.1) is 0 Å². The van der Waals surface area contributed by atoms with Crippen LogP contribution in [0.4, 0.5) is 14.9 Å². The highest BCUT2D eigenvalue weighted by molar-refractivity contribution is 6.33. The predicted octanol–water partition coefficient (Wildman–Crippen LogP) is 2.42. The smallest absolute Gasteiger partial charge is 0.326 e. The molecule has 98 valence electrons. The van der Waals surface area contributed by atoms with Gasteiger partial charge in [-0.3, -0.25) is 0 Å². The third-order valence-corrected chi connectivity index (χ3v) is 2.77. The molecule has 0 aliphatic heterocycles. The van der Waals surface area contributed by atoms with Crippen LogP contribution in [0.25, 0.3) is 0 Å². The molecule has 1 atom stereocenters. The number of hydrogen-bond donors (Lipinski definition) is 2. The van der Waals surface area contributed by atoms with Gasteiger partial charge in [0.2, 0.25) is 0 Å². The van der Waals surface area contributed by atoms with E-state index in [1.54, 1.807) is 0 Å². The number of nitrogens with zero attached hydrogens (tertiary/aromatic N) is 1. The van der Waals surface area contributed by atoms with Crippen LogP contribution in [-0.2, 0) is 4.79 Å². The highest BCUT2D eigenvalue weighted by atomic mass is 35.5. The first-order chi connectivity index (χ1) is 8.34. The average Bonchev–Trinajstić information content (AvgIpc) is 2.31. The van der Waals surface area contributed by atoms with Gasteiger partial charge in [-0.25, -0.2) is 14.0 Å². The van der Waals surface area contributed by atoms with E-state index in [-0.39, 0.29) is 10.7 Å². The van der Waals surface area contributed by atoms with Crippen molar-refractivity contribution in [1.29, 1.82) is 0 Å². The van der Waals surface area contributed by atoms with Gasteiger partial charge in [-0.05, 0) is 19.1 Å². The Morgan fingerprint density at radius 2 is 2.11 bits per heavy atom. The number of aliphatic carboxylic acids is 1. The van der Waals surface area contributed by atoms with Gasteiger partial charge in [0.05, 0.1) is 10.7 Å². The summed E-state index contributed by atoms with van der Waals surface area (Å²) in [7, 11) is 1.29. The van der Waals surface area contributed by atoms with Crippen LogP contribution in [0.1, 0.15) is 6.92 Å². The number of halogens is 2. The molecule has 0 heterocycles. The predicted molar refractivity (Wildman–Crippen MR) is 65.3 cm³/mol. The minimum absolute atomic E-state index is 0.0414. The molecule has 2 N–H and O–H groups in total. The first-order valence-electron chi connectivity index (χ1n) is 5.05. The van der Waals surface area contributed by atoms with E-state index in [1.807, 2.05) is 0 Å². The topological polar surface area (TPSA) is 69.6 Å². The molecule has 7 heteroatoms. The lowest BCUT2D eigenvalue weighted by Gasteiger charge is -2.22. The van der Waals surface area contributed by atoms with Gasteiger partial charge in [0.25, 0.3) is 0 Å². The Balaban J connectivity index is 2.85. The molecule has 0 aliphatic carbocycles. The van der Waals surface area contributed by atoms with Gasteiger partial charge in [0.1, 0.15) is 11.9 Å². The fourth-order valence-corrected chi connectivity index (χ4v) is 1.36. The summed E-state index contributed by atoms with van der Waals surface area (Å²) in [5.74, 6) is -1.85. The number of rotatable bonds is 3. The van der Waals surface area contributed by atoms with Crippen LogP contribution in [0.5, 0.6) is 0 Å². The Bertz CT molecular complexity index is 461. The highest BCUT2D eigenvalue weighted by Crippen LogP contribution is 2.24. The monoisotopic (exact) mass is 274 g/mol. The zero-order valence-corrected chi connectivity index (χ0v) is 10.5. The van der Waals surface area contributed by atoms with Gasteiger partial charge in [0.15, 0.2) is 0 Å². The summed E-state index contributed by atoms with van der Waals surface area (Å²) in [5, 5.41) is 11.0. The molecular formula is C11H12ClFN2O3. The maximum atomic E-state index is 13.4. The molecule has 1 aromatic carbocycles. The van der Waals surface area contributed by atoms with Crippen molar-refractivity contribution in [2.45, 2.75) is 13.0 Å². The second kappa shape index (κ2) is 5.68. The molecule has 1 unspecified atom stereocenters. The van der Waals surface area contributed by atoms with Crippen molar-refractivity contribution in [2.75, 3.05) is 12.4 Å². The fraction of sp³-hybridized carbons (Fsp3) is 0.273. The minimum Gasteiger partial charge on any atom is -0.480 e. The lowest BCUT2D eigenvalue weighted by atomic mass is 10.3. The summed E-state index contributed by atoms with van der Waals surface area (Å²) in [6, 6.07) is 2.17. The van der Waals surface area contributed by atoms with Crippen LogP contribution in [0.15, 0.2) is 18.2 Å². The molecule has 1 rings (SSSR count). The van der Waals surface area contributed by atoms with E-state index in [4.69, 9.17) is 16.7 Å². The number of urea groups is 1. The minimum atomic E-state index is -1.16. The number of nitrogens with one attached hydrogen (secondary N) is 1. The maximum absolute atomic E-state index is 13.4. The fourth-order valence-electron chi connectivity index (χ4n) is 1.15. The number of likely N-dealkylation sites (N-methyl/N-ethyl adjacent to an activating group) is 1. The van der Waals surface area contributed by atoms with E-state index in [0.29, 0.717) is 0 Å². The number of anilines is 1. The number of benzene rings is 1. The van der Waals surface area contributed by atoms with Crippen LogP contribution < -0.4 is 5.32 Å². The van der Waals surface area contributed by atoms with E-state index in [1.165, 1.54) is 26.1 Å². The molecule has 1 aromatic rings. The Labute approximate surface area is 108 Å². The van der Waals surface area contributed by atoms with Crippen molar-refractivity contribution in [3.8, 4) is 0 Å². The van der Waals surface area contributed by atoms with E-state index in [9.17, 15) is 14.0 Å². The Morgan fingerprint density at radius 1 is 1.50 bits per heavy atom. The van der Waals surface area contributed by atoms with Crippen LogP contribution >= 0.6 is 11.6 Å². The van der Waals surface area contributed by atoms with Gasteiger partial charge in [0, 0.05) is 7.05 Å². The maximum Gasteiger partial charge on any atom is 0.326 e. The van der Waals surface area contributed by atoms with Crippen LogP contribution in [-0.4, -0.2) is 35.1 Å². The SMILES string of the molecule is CC(C(=O)O)N(C)C(=O)Nc1c(F)cccc1Cl. The molecule has 18 heavy (non-hydrogen) atoms. The first kappa shape index (κ1) is 14.2. The number of carbonyl (C=O) groups is 2. The summed E-state index contributed by atoms with van der Waals surface area (Å²) in [4.78, 5) is 23.3. The Morgan fingerprint density at radius 3 is 2.61 bits per heavy atom. The molecule has 0 aromatic heterocycles. The molecule has 0 bridgehead atoms. The molecule has 0 saturated heterocycles. The number of carboxylic acids is 1. The van der Waals surface area contributed by atoms with Crippen molar-refractivity contribution in [3.05, 3.63) is 29.0 Å². The molecule has 0 aliphatic rings. The molecule has 0 radical (unpaired) electrons.